The van der Waals surface area contributed by atoms with Crippen molar-refractivity contribution in [2.24, 2.45) is 5.92 Å². The summed E-state index contributed by atoms with van der Waals surface area (Å²) in [5.41, 5.74) is 0.559. The van der Waals surface area contributed by atoms with E-state index < -0.39 is 0 Å². The molecular formula is C13H10N4OS. The van der Waals surface area contributed by atoms with Gasteiger partial charge in [0.1, 0.15) is 17.3 Å². The Balaban J connectivity index is 2.16. The molecule has 2 heterocycles. The molecule has 0 aliphatic heterocycles. The highest BCUT2D eigenvalue weighted by Crippen LogP contribution is 2.62. The minimum absolute atomic E-state index is 0.0908. The second kappa shape index (κ2) is 3.31. The Labute approximate surface area is 113 Å². The number of nitrogens with one attached hydrogen (secondary N) is 1. The zero-order valence-electron chi connectivity index (χ0n) is 10.0. The molecule has 2 aromatic rings. The van der Waals surface area contributed by atoms with E-state index in [0.29, 0.717) is 10.4 Å². The highest BCUT2D eigenvalue weighted by Gasteiger charge is 2.59. The van der Waals surface area contributed by atoms with Gasteiger partial charge in [0.25, 0.3) is 5.56 Å². The fraction of sp³-hybridized carbons (Fsp3) is 0.385. The quantitative estimate of drug-likeness (QED) is 0.802. The van der Waals surface area contributed by atoms with Gasteiger partial charge in [-0.1, -0.05) is 0 Å². The summed E-state index contributed by atoms with van der Waals surface area (Å²) in [6.45, 7) is 0. The summed E-state index contributed by atoms with van der Waals surface area (Å²) in [5.74, 6) is 0.748. The zero-order valence-corrected chi connectivity index (χ0v) is 10.8. The number of pyridine rings is 1. The maximum absolute atomic E-state index is 12.5. The number of nitriles is 1. The highest BCUT2D eigenvalue weighted by atomic mass is 32.1. The molecule has 19 heavy (non-hydrogen) atoms. The molecule has 5 rings (SSSR count). The molecule has 2 aromatic heterocycles. The van der Waals surface area contributed by atoms with Crippen LogP contribution >= 0.6 is 12.2 Å². The van der Waals surface area contributed by atoms with Crippen LogP contribution in [-0.4, -0.2) is 14.5 Å². The summed E-state index contributed by atoms with van der Waals surface area (Å²) < 4.78 is 2.11. The second-order valence-corrected chi connectivity index (χ2v) is 5.89. The predicted octanol–water partition coefficient (Wildman–Crippen LogP) is 1.83. The van der Waals surface area contributed by atoms with Crippen molar-refractivity contribution in [3.8, 4) is 6.07 Å². The number of aromatic amines is 1. The van der Waals surface area contributed by atoms with E-state index in [1.807, 2.05) is 6.07 Å². The Morgan fingerprint density at radius 3 is 2.84 bits per heavy atom. The van der Waals surface area contributed by atoms with Crippen LogP contribution in [0.25, 0.3) is 11.0 Å². The Bertz CT molecular complexity index is 856. The first-order valence-electron chi connectivity index (χ1n) is 6.19. The lowest BCUT2D eigenvalue weighted by molar-refractivity contribution is -0.0884. The third-order valence-corrected chi connectivity index (χ3v) is 4.58. The Morgan fingerprint density at radius 1 is 1.53 bits per heavy atom. The molecule has 5 nitrogen and oxygen atoms in total. The molecule has 3 aliphatic carbocycles. The summed E-state index contributed by atoms with van der Waals surface area (Å²) in [6, 6.07) is 3.56. The maximum Gasteiger partial charge on any atom is 0.270 e. The molecule has 3 saturated carbocycles. The number of hydrogen-bond donors (Lipinski definition) is 1. The van der Waals surface area contributed by atoms with Gasteiger partial charge in [0.05, 0.1) is 5.54 Å². The van der Waals surface area contributed by atoms with Crippen LogP contribution in [0.3, 0.4) is 0 Å². The van der Waals surface area contributed by atoms with E-state index in [-0.39, 0.29) is 16.7 Å². The fourth-order valence-corrected chi connectivity index (χ4v) is 3.51. The number of fused-ring (bicyclic) bond motifs is 1. The van der Waals surface area contributed by atoms with Crippen molar-refractivity contribution >= 4 is 23.3 Å². The number of hydrogen-bond acceptors (Lipinski definition) is 4. The van der Waals surface area contributed by atoms with Crippen LogP contribution in [0.4, 0.5) is 0 Å². The molecule has 3 aliphatic rings. The first-order chi connectivity index (χ1) is 9.13. The first-order valence-corrected chi connectivity index (χ1v) is 6.59. The molecular weight excluding hydrogens is 260 g/mol. The van der Waals surface area contributed by atoms with Gasteiger partial charge in [-0.3, -0.25) is 9.36 Å². The highest BCUT2D eigenvalue weighted by molar-refractivity contribution is 7.71. The third kappa shape index (κ3) is 1.25. The topological polar surface area (TPSA) is 74.5 Å². The smallest absolute Gasteiger partial charge is 0.270 e. The average molecular weight is 270 g/mol. The van der Waals surface area contributed by atoms with Crippen molar-refractivity contribution in [3.63, 3.8) is 0 Å². The number of H-pyrrole nitrogens is 1. The van der Waals surface area contributed by atoms with Crippen LogP contribution < -0.4 is 5.56 Å². The van der Waals surface area contributed by atoms with E-state index in [9.17, 15) is 4.79 Å². The summed E-state index contributed by atoms with van der Waals surface area (Å²) >= 11 is 5.05. The molecule has 2 bridgehead atoms. The Morgan fingerprint density at radius 2 is 2.26 bits per heavy atom. The summed E-state index contributed by atoms with van der Waals surface area (Å²) in [6.07, 6.45) is 4.70. The number of nitrogens with zero attached hydrogens (tertiary/aromatic N) is 3. The zero-order chi connectivity index (χ0) is 13.2. The minimum atomic E-state index is -0.218. The minimum Gasteiger partial charge on any atom is -0.316 e. The van der Waals surface area contributed by atoms with Gasteiger partial charge in [-0.2, -0.15) is 5.26 Å². The molecule has 94 valence electrons. The molecule has 0 unspecified atom stereocenters. The standard InChI is InChI=1S/C13H10N4OS/c14-5-8-1-9-6-15-12(19)16-10(9)17(11(8)18)13-2-7(3-13)4-13/h1,6-7H,2-4H2,(H,15,16,19). The lowest BCUT2D eigenvalue weighted by Crippen LogP contribution is -2.62. The van der Waals surface area contributed by atoms with E-state index in [1.165, 1.54) is 0 Å². The van der Waals surface area contributed by atoms with Gasteiger partial charge in [-0.05, 0) is 43.5 Å². The van der Waals surface area contributed by atoms with Gasteiger partial charge >= 0.3 is 0 Å². The molecule has 6 heteroatoms. The van der Waals surface area contributed by atoms with E-state index in [0.717, 1.165) is 30.6 Å². The van der Waals surface area contributed by atoms with Gasteiger partial charge in [-0.15, -0.1) is 0 Å². The normalized spacial score (nSPS) is 27.4. The molecule has 0 saturated heterocycles. The van der Waals surface area contributed by atoms with Crippen molar-refractivity contribution in [1.82, 2.24) is 14.5 Å². The van der Waals surface area contributed by atoms with Crippen molar-refractivity contribution in [3.05, 3.63) is 33.0 Å². The predicted molar refractivity (Wildman–Crippen MR) is 71.2 cm³/mol. The van der Waals surface area contributed by atoms with Gasteiger partial charge in [0, 0.05) is 11.6 Å². The van der Waals surface area contributed by atoms with E-state index in [4.69, 9.17) is 17.5 Å². The lowest BCUT2D eigenvalue weighted by atomic mass is 9.49. The molecule has 0 spiro atoms. The monoisotopic (exact) mass is 270 g/mol. The van der Waals surface area contributed by atoms with Crippen LogP contribution in [0.5, 0.6) is 0 Å². The molecule has 0 atom stereocenters. The molecule has 0 aromatic carbocycles. The first kappa shape index (κ1) is 10.9. The summed E-state index contributed by atoms with van der Waals surface area (Å²) in [5, 5.41) is 9.87. The van der Waals surface area contributed by atoms with E-state index in [1.54, 1.807) is 16.8 Å². The second-order valence-electron chi connectivity index (χ2n) is 5.51. The third-order valence-electron chi connectivity index (χ3n) is 4.38. The Hall–Kier alpha value is -2.00. The van der Waals surface area contributed by atoms with Crippen LogP contribution in [-0.2, 0) is 5.54 Å². The van der Waals surface area contributed by atoms with Crippen molar-refractivity contribution in [1.29, 1.82) is 5.26 Å². The van der Waals surface area contributed by atoms with Crippen LogP contribution in [0.1, 0.15) is 24.8 Å². The average Bonchev–Trinajstić information content (AvgIpc) is 2.28. The van der Waals surface area contributed by atoms with E-state index in [2.05, 4.69) is 9.97 Å². The summed E-state index contributed by atoms with van der Waals surface area (Å²) in [7, 11) is 0. The van der Waals surface area contributed by atoms with Gasteiger partial charge in [-0.25, -0.2) is 4.98 Å². The van der Waals surface area contributed by atoms with Gasteiger partial charge in [0.2, 0.25) is 0 Å². The molecule has 3 fully saturated rings. The van der Waals surface area contributed by atoms with Crippen LogP contribution in [0, 0.1) is 22.0 Å². The molecule has 0 amide bonds. The fourth-order valence-electron chi connectivity index (χ4n) is 3.36. The lowest BCUT2D eigenvalue weighted by Gasteiger charge is -2.62. The largest absolute Gasteiger partial charge is 0.316 e. The van der Waals surface area contributed by atoms with Crippen molar-refractivity contribution in [2.45, 2.75) is 24.8 Å². The molecule has 1 N–H and O–H groups in total. The van der Waals surface area contributed by atoms with E-state index >= 15 is 0 Å². The van der Waals surface area contributed by atoms with Crippen molar-refractivity contribution < 1.29 is 0 Å². The van der Waals surface area contributed by atoms with Gasteiger partial charge < -0.3 is 4.98 Å². The SMILES string of the molecule is N#Cc1cc2cnc(=S)[nH]c2n(C23CC(C2)C3)c1=O. The molecule has 0 radical (unpaired) electrons. The maximum atomic E-state index is 12.5. The van der Waals surface area contributed by atoms with Crippen molar-refractivity contribution in [2.75, 3.05) is 0 Å². The number of rotatable bonds is 1. The Kier molecular flexibility index (Phi) is 1.89. The van der Waals surface area contributed by atoms with Crippen LogP contribution in [0.15, 0.2) is 17.1 Å². The summed E-state index contributed by atoms with van der Waals surface area (Å²) in [4.78, 5) is 19.5. The van der Waals surface area contributed by atoms with Gasteiger partial charge in [0.15, 0.2) is 4.77 Å². The van der Waals surface area contributed by atoms with Crippen LogP contribution in [0.2, 0.25) is 0 Å². The number of aromatic nitrogens is 3.